The summed E-state index contributed by atoms with van der Waals surface area (Å²) in [6.07, 6.45) is 5.88. The van der Waals surface area contributed by atoms with Crippen molar-refractivity contribution in [3.63, 3.8) is 0 Å². The summed E-state index contributed by atoms with van der Waals surface area (Å²) < 4.78 is 5.55. The van der Waals surface area contributed by atoms with Crippen molar-refractivity contribution in [2.75, 3.05) is 0 Å². The number of carbonyl (C=O) groups is 2. The molecule has 0 radical (unpaired) electrons. The Kier molecular flexibility index (Phi) is 6.14. The monoisotopic (exact) mass is 314 g/mol. The Labute approximate surface area is 138 Å². The highest BCUT2D eigenvalue weighted by Crippen LogP contribution is 2.35. The number of carbonyl (C=O) groups excluding carboxylic acids is 2. The maximum Gasteiger partial charge on any atom is 0.379 e. The summed E-state index contributed by atoms with van der Waals surface area (Å²) in [5.41, 5.74) is 0.889. The molecule has 0 heterocycles. The second-order valence-electron chi connectivity index (χ2n) is 6.88. The summed E-state index contributed by atoms with van der Waals surface area (Å²) in [5, 5.41) is 0. The number of hydrogen-bond acceptors (Lipinski definition) is 3. The number of ketones is 1. The van der Waals surface area contributed by atoms with Crippen LogP contribution in [-0.4, -0.2) is 17.9 Å². The molecule has 1 aliphatic rings. The van der Waals surface area contributed by atoms with Crippen molar-refractivity contribution in [3.05, 3.63) is 42.0 Å². The van der Waals surface area contributed by atoms with E-state index in [9.17, 15) is 9.59 Å². The number of ether oxygens (including phenoxy) is 1. The van der Waals surface area contributed by atoms with Crippen molar-refractivity contribution in [3.8, 4) is 0 Å². The molecule has 3 atom stereocenters. The van der Waals surface area contributed by atoms with Gasteiger partial charge in [0.15, 0.2) is 0 Å². The van der Waals surface area contributed by atoms with Crippen molar-refractivity contribution in [2.24, 2.45) is 17.8 Å². The fourth-order valence-electron chi connectivity index (χ4n) is 3.25. The zero-order valence-electron chi connectivity index (χ0n) is 14.2. The van der Waals surface area contributed by atoms with E-state index in [1.165, 1.54) is 12.5 Å². The number of benzene rings is 1. The third kappa shape index (κ3) is 5.05. The highest BCUT2D eigenvalue weighted by molar-refractivity contribution is 6.39. The molecular formula is C20H26O3. The van der Waals surface area contributed by atoms with Gasteiger partial charge < -0.3 is 4.74 Å². The second-order valence-corrected chi connectivity index (χ2v) is 6.88. The zero-order chi connectivity index (χ0) is 16.8. The minimum atomic E-state index is -0.734. The van der Waals surface area contributed by atoms with Crippen LogP contribution in [0.25, 0.3) is 6.08 Å². The fourth-order valence-corrected chi connectivity index (χ4v) is 3.25. The highest BCUT2D eigenvalue weighted by atomic mass is 16.5. The van der Waals surface area contributed by atoms with Crippen LogP contribution in [0.4, 0.5) is 0 Å². The molecule has 124 valence electrons. The minimum absolute atomic E-state index is 0.139. The largest absolute Gasteiger partial charge is 0.456 e. The van der Waals surface area contributed by atoms with Crippen LogP contribution in [0.2, 0.25) is 0 Å². The number of rotatable bonds is 5. The molecule has 1 fully saturated rings. The van der Waals surface area contributed by atoms with Gasteiger partial charge in [0.2, 0.25) is 0 Å². The van der Waals surface area contributed by atoms with Crippen LogP contribution in [0.5, 0.6) is 0 Å². The minimum Gasteiger partial charge on any atom is -0.456 e. The lowest BCUT2D eigenvalue weighted by Crippen LogP contribution is -2.37. The van der Waals surface area contributed by atoms with Gasteiger partial charge in [0.05, 0.1) is 0 Å². The highest BCUT2D eigenvalue weighted by Gasteiger charge is 2.34. The molecule has 0 bridgehead atoms. The van der Waals surface area contributed by atoms with Gasteiger partial charge >= 0.3 is 5.97 Å². The van der Waals surface area contributed by atoms with E-state index in [0.29, 0.717) is 17.8 Å². The molecule has 1 aliphatic carbocycles. The Morgan fingerprint density at radius 3 is 2.52 bits per heavy atom. The zero-order valence-corrected chi connectivity index (χ0v) is 14.2. The lowest BCUT2D eigenvalue weighted by atomic mass is 9.75. The SMILES string of the molecule is CC(C)[C@H]1CC[C@H](C)C[C@H]1OC(=O)C(=O)/C=C/c1ccccc1. The lowest BCUT2D eigenvalue weighted by molar-refractivity contribution is -0.161. The normalized spacial score (nSPS) is 24.8. The van der Waals surface area contributed by atoms with Gasteiger partial charge in [-0.2, -0.15) is 0 Å². The van der Waals surface area contributed by atoms with Crippen molar-refractivity contribution in [1.29, 1.82) is 0 Å². The van der Waals surface area contributed by atoms with Gasteiger partial charge in [0, 0.05) is 0 Å². The Bertz CT molecular complexity index is 560. The quantitative estimate of drug-likeness (QED) is 0.463. The molecule has 23 heavy (non-hydrogen) atoms. The predicted molar refractivity (Wildman–Crippen MR) is 91.7 cm³/mol. The van der Waals surface area contributed by atoms with Crippen molar-refractivity contribution >= 4 is 17.8 Å². The molecule has 1 aromatic carbocycles. The summed E-state index contributed by atoms with van der Waals surface area (Å²) in [5.74, 6) is 0.0191. The van der Waals surface area contributed by atoms with Gasteiger partial charge in [0.25, 0.3) is 5.78 Å². The first kappa shape index (κ1) is 17.5. The van der Waals surface area contributed by atoms with E-state index in [2.05, 4.69) is 20.8 Å². The molecule has 0 N–H and O–H groups in total. The van der Waals surface area contributed by atoms with Gasteiger partial charge in [0.1, 0.15) is 6.10 Å². The van der Waals surface area contributed by atoms with Crippen LogP contribution in [0.3, 0.4) is 0 Å². The first-order chi connectivity index (χ1) is 11.0. The van der Waals surface area contributed by atoms with E-state index >= 15 is 0 Å². The van der Waals surface area contributed by atoms with Crippen molar-refractivity contribution < 1.29 is 14.3 Å². The Hall–Kier alpha value is -1.90. The van der Waals surface area contributed by atoms with E-state index in [1.807, 2.05) is 30.3 Å². The van der Waals surface area contributed by atoms with E-state index in [1.54, 1.807) is 6.08 Å². The van der Waals surface area contributed by atoms with E-state index in [0.717, 1.165) is 18.4 Å². The van der Waals surface area contributed by atoms with Crippen LogP contribution in [-0.2, 0) is 14.3 Å². The molecule has 0 spiro atoms. The summed E-state index contributed by atoms with van der Waals surface area (Å²) in [4.78, 5) is 24.1. The van der Waals surface area contributed by atoms with Crippen LogP contribution in [0.1, 0.15) is 45.6 Å². The molecule has 0 saturated heterocycles. The molecule has 3 nitrogen and oxygen atoms in total. The molecule has 3 heteroatoms. The molecule has 1 aromatic rings. The van der Waals surface area contributed by atoms with Gasteiger partial charge in [-0.3, -0.25) is 4.79 Å². The van der Waals surface area contributed by atoms with Crippen molar-refractivity contribution in [1.82, 2.24) is 0 Å². The average molecular weight is 314 g/mol. The van der Waals surface area contributed by atoms with E-state index in [4.69, 9.17) is 4.74 Å². The maximum atomic E-state index is 12.1. The van der Waals surface area contributed by atoms with Crippen LogP contribution in [0.15, 0.2) is 36.4 Å². The maximum absolute atomic E-state index is 12.1. The van der Waals surface area contributed by atoms with E-state index in [-0.39, 0.29) is 6.10 Å². The van der Waals surface area contributed by atoms with Gasteiger partial charge in [-0.1, -0.05) is 63.6 Å². The fraction of sp³-hybridized carbons (Fsp3) is 0.500. The van der Waals surface area contributed by atoms with Crippen LogP contribution >= 0.6 is 0 Å². The Balaban J connectivity index is 1.96. The average Bonchev–Trinajstić information content (AvgIpc) is 2.53. The molecule has 0 amide bonds. The topological polar surface area (TPSA) is 43.4 Å². The van der Waals surface area contributed by atoms with Crippen LogP contribution < -0.4 is 0 Å². The first-order valence-electron chi connectivity index (χ1n) is 8.45. The van der Waals surface area contributed by atoms with Crippen molar-refractivity contribution in [2.45, 2.75) is 46.1 Å². The predicted octanol–water partition coefficient (Wildman–Crippen LogP) is 4.27. The summed E-state index contributed by atoms with van der Waals surface area (Å²) in [6, 6.07) is 9.45. The third-order valence-electron chi connectivity index (χ3n) is 4.65. The summed E-state index contributed by atoms with van der Waals surface area (Å²) in [6.45, 7) is 6.48. The smallest absolute Gasteiger partial charge is 0.379 e. The summed E-state index contributed by atoms with van der Waals surface area (Å²) in [7, 11) is 0. The van der Waals surface area contributed by atoms with Gasteiger partial charge in [-0.05, 0) is 42.2 Å². The molecule has 2 rings (SSSR count). The number of hydrogen-bond donors (Lipinski definition) is 0. The second kappa shape index (κ2) is 8.09. The molecular weight excluding hydrogens is 288 g/mol. The molecule has 1 saturated carbocycles. The summed E-state index contributed by atoms with van der Waals surface area (Å²) >= 11 is 0. The lowest BCUT2D eigenvalue weighted by Gasteiger charge is -2.36. The molecule has 0 aromatic heterocycles. The Morgan fingerprint density at radius 2 is 1.87 bits per heavy atom. The molecule has 0 aliphatic heterocycles. The third-order valence-corrected chi connectivity index (χ3v) is 4.65. The van der Waals surface area contributed by atoms with E-state index < -0.39 is 11.8 Å². The standard InChI is InChI=1S/C20H26O3/c1-14(2)17-11-9-15(3)13-19(17)23-20(22)18(21)12-10-16-7-5-4-6-8-16/h4-8,10,12,14-15,17,19H,9,11,13H2,1-3H3/b12-10+/t15-,17+,19+/m0/s1. The van der Waals surface area contributed by atoms with Gasteiger partial charge in [-0.25, -0.2) is 4.79 Å². The first-order valence-corrected chi connectivity index (χ1v) is 8.45. The van der Waals surface area contributed by atoms with Gasteiger partial charge in [-0.15, -0.1) is 0 Å². The number of esters is 1. The van der Waals surface area contributed by atoms with Crippen LogP contribution in [0, 0.1) is 17.8 Å². The molecule has 0 unspecified atom stereocenters. The Morgan fingerprint density at radius 1 is 1.17 bits per heavy atom.